The topological polar surface area (TPSA) is 75.6 Å². The third kappa shape index (κ3) is 3.22. The Balaban J connectivity index is 2.30. The van der Waals surface area contributed by atoms with Crippen LogP contribution in [0.5, 0.6) is 0 Å². The van der Waals surface area contributed by atoms with Crippen LogP contribution >= 0.6 is 15.9 Å². The Bertz CT molecular complexity index is 666. The average molecular weight is 366 g/mol. The summed E-state index contributed by atoms with van der Waals surface area (Å²) < 4.78 is 5.67. The molecule has 1 amide bonds. The van der Waals surface area contributed by atoms with Gasteiger partial charge in [-0.1, -0.05) is 34.7 Å². The summed E-state index contributed by atoms with van der Waals surface area (Å²) in [5.41, 5.74) is 1.38. The number of hydrogen-bond acceptors (Lipinski definition) is 4. The minimum atomic E-state index is -0.807. The molecule has 5 nitrogen and oxygen atoms in total. The van der Waals surface area contributed by atoms with Gasteiger partial charge in [0.05, 0.1) is 12.6 Å². The van der Waals surface area contributed by atoms with Gasteiger partial charge in [0.25, 0.3) is 5.91 Å². The Morgan fingerprint density at radius 3 is 2.91 bits per heavy atom. The lowest BCUT2D eigenvalue weighted by Gasteiger charge is -2.25. The molecule has 1 aliphatic heterocycles. The van der Waals surface area contributed by atoms with Crippen molar-refractivity contribution < 1.29 is 19.4 Å². The first-order valence-corrected chi connectivity index (χ1v) is 7.59. The first-order valence-electron chi connectivity index (χ1n) is 6.79. The van der Waals surface area contributed by atoms with Gasteiger partial charge in [-0.3, -0.25) is 4.79 Å². The molecule has 0 saturated heterocycles. The van der Waals surface area contributed by atoms with Crippen LogP contribution in [0.4, 0.5) is 0 Å². The van der Waals surface area contributed by atoms with E-state index in [4.69, 9.17) is 4.74 Å². The summed E-state index contributed by atoms with van der Waals surface area (Å²) in [6.07, 6.45) is 1.83. The van der Waals surface area contributed by atoms with Gasteiger partial charge in [0.15, 0.2) is 5.57 Å². The summed E-state index contributed by atoms with van der Waals surface area (Å²) in [6.45, 7) is 5.50. The van der Waals surface area contributed by atoms with E-state index < -0.39 is 17.9 Å². The number of aliphatic hydroxyl groups is 1. The number of carbonyl (C=O) groups excluding carboxylic acids is 2. The van der Waals surface area contributed by atoms with E-state index in [1.165, 1.54) is 0 Å². The molecule has 116 valence electrons. The number of rotatable bonds is 4. The molecule has 0 aromatic heterocycles. The summed E-state index contributed by atoms with van der Waals surface area (Å²) in [7, 11) is 0. The standard InChI is InChI=1S/C16H16BrNO4/c1-3-9-7-10(5-6-11(9)17)12-8-13(19)14(15(20)18-12)16(21)22-4-2/h3,5-7,12,19H,1,4,8H2,2H3,(H,18,20)/t12-/m1/s1. The van der Waals surface area contributed by atoms with Gasteiger partial charge in [0.2, 0.25) is 0 Å². The number of halogens is 1. The van der Waals surface area contributed by atoms with Crippen molar-refractivity contribution in [3.8, 4) is 0 Å². The molecule has 6 heteroatoms. The van der Waals surface area contributed by atoms with Gasteiger partial charge in [-0.25, -0.2) is 4.79 Å². The third-order valence-corrected chi connectivity index (χ3v) is 4.06. The number of nitrogens with one attached hydrogen (secondary N) is 1. The molecule has 1 atom stereocenters. The molecule has 0 aliphatic carbocycles. The number of amides is 1. The van der Waals surface area contributed by atoms with E-state index >= 15 is 0 Å². The molecule has 0 saturated carbocycles. The van der Waals surface area contributed by atoms with E-state index in [9.17, 15) is 14.7 Å². The molecule has 22 heavy (non-hydrogen) atoms. The van der Waals surface area contributed by atoms with E-state index in [-0.39, 0.29) is 24.4 Å². The zero-order chi connectivity index (χ0) is 16.3. The highest BCUT2D eigenvalue weighted by Gasteiger charge is 2.33. The maximum Gasteiger partial charge on any atom is 0.347 e. The minimum Gasteiger partial charge on any atom is -0.511 e. The Kier molecular flexibility index (Phi) is 5.03. The van der Waals surface area contributed by atoms with Gasteiger partial charge >= 0.3 is 5.97 Å². The Hall–Kier alpha value is -2.08. The molecule has 0 radical (unpaired) electrons. The summed E-state index contributed by atoms with van der Waals surface area (Å²) in [5.74, 6) is -1.69. The molecule has 1 aromatic carbocycles. The maximum absolute atomic E-state index is 12.1. The molecule has 1 heterocycles. The zero-order valence-electron chi connectivity index (χ0n) is 12.1. The number of esters is 1. The predicted octanol–water partition coefficient (Wildman–Crippen LogP) is 3.03. The van der Waals surface area contributed by atoms with Crippen molar-refractivity contribution in [3.63, 3.8) is 0 Å². The summed E-state index contributed by atoms with van der Waals surface area (Å²) >= 11 is 3.41. The highest BCUT2D eigenvalue weighted by Crippen LogP contribution is 2.30. The molecule has 1 aliphatic rings. The van der Waals surface area contributed by atoms with Crippen LogP contribution in [-0.2, 0) is 14.3 Å². The van der Waals surface area contributed by atoms with Gasteiger partial charge in [0, 0.05) is 10.9 Å². The monoisotopic (exact) mass is 365 g/mol. The van der Waals surface area contributed by atoms with Gasteiger partial charge in [0.1, 0.15) is 5.76 Å². The normalized spacial score (nSPS) is 17.9. The van der Waals surface area contributed by atoms with Crippen molar-refractivity contribution in [1.29, 1.82) is 0 Å². The highest BCUT2D eigenvalue weighted by atomic mass is 79.9. The van der Waals surface area contributed by atoms with Crippen LogP contribution in [0.25, 0.3) is 6.08 Å². The summed E-state index contributed by atoms with van der Waals surface area (Å²) in [5, 5.41) is 12.8. The Morgan fingerprint density at radius 2 is 2.32 bits per heavy atom. The second-order valence-corrected chi connectivity index (χ2v) is 5.61. The van der Waals surface area contributed by atoms with Gasteiger partial charge in [-0.2, -0.15) is 0 Å². The molecule has 0 spiro atoms. The van der Waals surface area contributed by atoms with Crippen LogP contribution in [0.2, 0.25) is 0 Å². The van der Waals surface area contributed by atoms with Crippen LogP contribution < -0.4 is 5.32 Å². The van der Waals surface area contributed by atoms with E-state index in [1.54, 1.807) is 13.0 Å². The number of aliphatic hydroxyl groups excluding tert-OH is 1. The van der Waals surface area contributed by atoms with Crippen LogP contribution in [0.3, 0.4) is 0 Å². The fourth-order valence-electron chi connectivity index (χ4n) is 2.26. The van der Waals surface area contributed by atoms with E-state index in [1.807, 2.05) is 18.2 Å². The predicted molar refractivity (Wildman–Crippen MR) is 86.0 cm³/mol. The Morgan fingerprint density at radius 1 is 1.59 bits per heavy atom. The van der Waals surface area contributed by atoms with Crippen molar-refractivity contribution in [3.05, 3.63) is 51.7 Å². The van der Waals surface area contributed by atoms with E-state index in [0.717, 1.165) is 15.6 Å². The fourth-order valence-corrected chi connectivity index (χ4v) is 2.67. The van der Waals surface area contributed by atoms with Crippen molar-refractivity contribution in [2.75, 3.05) is 6.61 Å². The van der Waals surface area contributed by atoms with E-state index in [2.05, 4.69) is 27.8 Å². The number of benzene rings is 1. The lowest BCUT2D eigenvalue weighted by atomic mass is 9.95. The van der Waals surface area contributed by atoms with E-state index in [0.29, 0.717) is 0 Å². The molecule has 0 unspecified atom stereocenters. The van der Waals surface area contributed by atoms with Crippen molar-refractivity contribution in [1.82, 2.24) is 5.32 Å². The number of hydrogen-bond donors (Lipinski definition) is 2. The fraction of sp³-hybridized carbons (Fsp3) is 0.250. The van der Waals surface area contributed by atoms with Crippen LogP contribution in [0.1, 0.15) is 30.5 Å². The highest BCUT2D eigenvalue weighted by molar-refractivity contribution is 9.10. The van der Waals surface area contributed by atoms with Crippen molar-refractivity contribution in [2.45, 2.75) is 19.4 Å². The number of ether oxygens (including phenoxy) is 1. The van der Waals surface area contributed by atoms with Gasteiger partial charge in [-0.15, -0.1) is 0 Å². The smallest absolute Gasteiger partial charge is 0.347 e. The maximum atomic E-state index is 12.1. The van der Waals surface area contributed by atoms with Crippen LogP contribution in [0, 0.1) is 0 Å². The van der Waals surface area contributed by atoms with Gasteiger partial charge in [-0.05, 0) is 30.2 Å². The zero-order valence-corrected chi connectivity index (χ0v) is 13.6. The van der Waals surface area contributed by atoms with Crippen LogP contribution in [0.15, 0.2) is 40.6 Å². The van der Waals surface area contributed by atoms with Gasteiger partial charge < -0.3 is 15.2 Å². The largest absolute Gasteiger partial charge is 0.511 e. The summed E-state index contributed by atoms with van der Waals surface area (Å²) in [6, 6.07) is 5.15. The molecule has 0 bridgehead atoms. The quantitative estimate of drug-likeness (QED) is 0.635. The molecule has 2 N–H and O–H groups in total. The van der Waals surface area contributed by atoms with Crippen molar-refractivity contribution in [2.24, 2.45) is 0 Å². The average Bonchev–Trinajstić information content (AvgIpc) is 2.47. The SMILES string of the molecule is C=Cc1cc([C@H]2CC(O)=C(C(=O)OCC)C(=O)N2)ccc1Br. The Labute approximate surface area is 136 Å². The first kappa shape index (κ1) is 16.3. The second kappa shape index (κ2) is 6.79. The summed E-state index contributed by atoms with van der Waals surface area (Å²) in [4.78, 5) is 23.8. The molecular formula is C16H16BrNO4. The minimum absolute atomic E-state index is 0.137. The second-order valence-electron chi connectivity index (χ2n) is 4.76. The van der Waals surface area contributed by atoms with Crippen molar-refractivity contribution >= 4 is 33.9 Å². The first-order chi connectivity index (χ1) is 10.5. The molecule has 2 rings (SSSR count). The molecule has 0 fully saturated rings. The number of carbonyl (C=O) groups is 2. The third-order valence-electron chi connectivity index (χ3n) is 3.34. The lowest BCUT2D eigenvalue weighted by Crippen LogP contribution is -2.38. The molecule has 1 aromatic rings. The lowest BCUT2D eigenvalue weighted by molar-refractivity contribution is -0.141. The molecular weight excluding hydrogens is 350 g/mol. The van der Waals surface area contributed by atoms with Crippen LogP contribution in [-0.4, -0.2) is 23.6 Å².